The van der Waals surface area contributed by atoms with Crippen molar-refractivity contribution in [3.05, 3.63) is 65.9 Å². The van der Waals surface area contributed by atoms with Gasteiger partial charge in [-0.3, -0.25) is 9.69 Å². The number of pyridine rings is 1. The van der Waals surface area contributed by atoms with E-state index < -0.39 is 6.10 Å². The Morgan fingerprint density at radius 3 is 2.61 bits per heavy atom. The highest BCUT2D eigenvalue weighted by Gasteiger charge is 2.37. The minimum absolute atomic E-state index is 0. The van der Waals surface area contributed by atoms with Gasteiger partial charge in [-0.2, -0.15) is 0 Å². The summed E-state index contributed by atoms with van der Waals surface area (Å²) < 4.78 is 24.6. The molecular formula is C29H36Cl2N2O5. The predicted molar refractivity (Wildman–Crippen MR) is 152 cm³/mol. The Labute approximate surface area is 236 Å². The molecule has 9 heteroatoms. The highest BCUT2D eigenvalue weighted by atomic mass is 35.5. The summed E-state index contributed by atoms with van der Waals surface area (Å²) in [6.07, 6.45) is 4.91. The summed E-state index contributed by atoms with van der Waals surface area (Å²) in [4.78, 5) is 19.2. The number of rotatable bonds is 8. The Hall–Kier alpha value is -2.58. The Balaban J connectivity index is 0.00000200. The van der Waals surface area contributed by atoms with Gasteiger partial charge in [0, 0.05) is 10.9 Å². The van der Waals surface area contributed by atoms with Crippen LogP contribution in [0.25, 0.3) is 10.9 Å². The van der Waals surface area contributed by atoms with Gasteiger partial charge >= 0.3 is 5.97 Å². The van der Waals surface area contributed by atoms with Crippen molar-refractivity contribution in [3.63, 3.8) is 0 Å². The van der Waals surface area contributed by atoms with Gasteiger partial charge in [-0.05, 0) is 57.3 Å². The number of halogens is 2. The van der Waals surface area contributed by atoms with Crippen LogP contribution in [0.15, 0.2) is 54.6 Å². The Bertz CT molecular complexity index is 1200. The van der Waals surface area contributed by atoms with Gasteiger partial charge in [0.25, 0.3) is 0 Å². The van der Waals surface area contributed by atoms with Crippen LogP contribution in [0.3, 0.4) is 0 Å². The lowest BCUT2D eigenvalue weighted by Gasteiger charge is -2.36. The van der Waals surface area contributed by atoms with Crippen molar-refractivity contribution in [2.24, 2.45) is 0 Å². The number of esters is 1. The zero-order chi connectivity index (χ0) is 24.9. The molecule has 38 heavy (non-hydrogen) atoms. The fourth-order valence-electron chi connectivity index (χ4n) is 4.91. The van der Waals surface area contributed by atoms with Crippen molar-refractivity contribution < 1.29 is 23.7 Å². The number of benzene rings is 2. The summed E-state index contributed by atoms with van der Waals surface area (Å²) in [5, 5.41) is 1.10. The van der Waals surface area contributed by atoms with Crippen LogP contribution in [0.2, 0.25) is 0 Å². The molecule has 206 valence electrons. The lowest BCUT2D eigenvalue weighted by atomic mass is 9.96. The van der Waals surface area contributed by atoms with Gasteiger partial charge in [0.2, 0.25) is 0 Å². The van der Waals surface area contributed by atoms with Gasteiger partial charge in [0.1, 0.15) is 30.8 Å². The quantitative estimate of drug-likeness (QED) is 0.316. The smallest absolute Gasteiger partial charge is 0.320 e. The third kappa shape index (κ3) is 7.50. The zero-order valence-electron chi connectivity index (χ0n) is 21.8. The number of carbonyl (C=O) groups is 1. The van der Waals surface area contributed by atoms with E-state index in [0.717, 1.165) is 35.0 Å². The Morgan fingerprint density at radius 1 is 1.03 bits per heavy atom. The lowest BCUT2D eigenvalue weighted by Crippen LogP contribution is -2.40. The van der Waals surface area contributed by atoms with Crippen molar-refractivity contribution >= 4 is 41.7 Å². The molecule has 1 aliphatic heterocycles. The third-order valence-corrected chi connectivity index (χ3v) is 6.69. The minimum atomic E-state index is -0.550. The maximum Gasteiger partial charge on any atom is 0.320 e. The average Bonchev–Trinajstić information content (AvgIpc) is 2.89. The highest BCUT2D eigenvalue weighted by molar-refractivity contribution is 5.85. The van der Waals surface area contributed by atoms with E-state index in [1.165, 1.54) is 19.3 Å². The third-order valence-electron chi connectivity index (χ3n) is 6.69. The van der Waals surface area contributed by atoms with Crippen LogP contribution >= 0.6 is 24.8 Å². The number of likely N-dealkylation sites (N-methyl/N-ethyl adjacent to an activating group) is 1. The van der Waals surface area contributed by atoms with Crippen LogP contribution in [0.4, 0.5) is 0 Å². The standard InChI is InChI=1S/C29H34N2O5.2ClH/c1-31(2)17-28(32)36-29-24-16-23(33-18-21-13-12-20-8-6-7-11-25(20)30-21)14-15-26(24)34-19-27(29)35-22-9-4-3-5-10-22;;/h6-8,11-16,22,27,29H,3-5,9-10,17-19H2,1-2H3;2*1H/t27-,29+;;/m1../s1. The van der Waals surface area contributed by atoms with Crippen LogP contribution in [0.1, 0.15) is 49.5 Å². The number of aromatic nitrogens is 1. The van der Waals surface area contributed by atoms with E-state index in [9.17, 15) is 4.79 Å². The number of carbonyl (C=O) groups excluding carboxylic acids is 1. The molecule has 1 saturated carbocycles. The molecule has 0 spiro atoms. The molecule has 2 aromatic carbocycles. The van der Waals surface area contributed by atoms with Gasteiger partial charge in [0.05, 0.1) is 23.9 Å². The van der Waals surface area contributed by atoms with Gasteiger partial charge in [0.15, 0.2) is 6.10 Å². The molecule has 0 radical (unpaired) electrons. The minimum Gasteiger partial charge on any atom is -0.490 e. The molecule has 1 aliphatic carbocycles. The van der Waals surface area contributed by atoms with E-state index in [-0.39, 0.29) is 49.5 Å². The Kier molecular flexibility index (Phi) is 11.0. The van der Waals surface area contributed by atoms with Gasteiger partial charge in [-0.15, -0.1) is 24.8 Å². The maximum atomic E-state index is 12.7. The summed E-state index contributed by atoms with van der Waals surface area (Å²) in [6, 6.07) is 17.7. The lowest BCUT2D eigenvalue weighted by molar-refractivity contribution is -0.169. The second-order valence-electron chi connectivity index (χ2n) is 9.88. The number of para-hydroxylation sites is 1. The fourth-order valence-corrected chi connectivity index (χ4v) is 4.91. The summed E-state index contributed by atoms with van der Waals surface area (Å²) >= 11 is 0. The molecule has 1 aromatic heterocycles. The van der Waals surface area contributed by atoms with E-state index in [1.807, 2.05) is 62.6 Å². The second kappa shape index (κ2) is 14.0. The first-order valence-corrected chi connectivity index (χ1v) is 12.8. The van der Waals surface area contributed by atoms with Crippen LogP contribution < -0.4 is 9.47 Å². The summed E-state index contributed by atoms with van der Waals surface area (Å²) in [6.45, 7) is 0.884. The SMILES string of the molecule is CN(C)CC(=O)O[C@H]1c2cc(OCc3ccc4ccccc4n3)ccc2OC[C@H]1OC1CCCCC1.Cl.Cl. The van der Waals surface area contributed by atoms with Crippen molar-refractivity contribution in [2.75, 3.05) is 27.2 Å². The number of hydrogen-bond donors (Lipinski definition) is 0. The van der Waals surface area contributed by atoms with Crippen molar-refractivity contribution in [3.8, 4) is 11.5 Å². The first kappa shape index (κ1) is 30.0. The van der Waals surface area contributed by atoms with Crippen LogP contribution in [-0.4, -0.2) is 55.3 Å². The van der Waals surface area contributed by atoms with E-state index in [1.54, 1.807) is 4.90 Å². The first-order valence-electron chi connectivity index (χ1n) is 12.8. The van der Waals surface area contributed by atoms with Crippen molar-refractivity contribution in [2.45, 2.75) is 57.0 Å². The first-order chi connectivity index (χ1) is 17.5. The molecule has 0 amide bonds. The fraction of sp³-hybridized carbons (Fsp3) is 0.448. The molecule has 7 nitrogen and oxygen atoms in total. The molecule has 0 bridgehead atoms. The zero-order valence-corrected chi connectivity index (χ0v) is 23.5. The molecule has 3 aromatic rings. The molecule has 2 heterocycles. The van der Waals surface area contributed by atoms with Crippen LogP contribution in [-0.2, 0) is 20.9 Å². The van der Waals surface area contributed by atoms with Crippen LogP contribution in [0.5, 0.6) is 11.5 Å². The monoisotopic (exact) mass is 562 g/mol. The molecule has 2 aliphatic rings. The molecule has 1 fully saturated rings. The molecule has 0 saturated heterocycles. The van der Waals surface area contributed by atoms with Crippen molar-refractivity contribution in [1.29, 1.82) is 0 Å². The molecule has 2 atom stereocenters. The topological polar surface area (TPSA) is 70.1 Å². The predicted octanol–water partition coefficient (Wildman–Crippen LogP) is 5.91. The molecular weight excluding hydrogens is 527 g/mol. The van der Waals surface area contributed by atoms with Crippen LogP contribution in [0, 0.1) is 0 Å². The van der Waals surface area contributed by atoms with Gasteiger partial charge < -0.3 is 18.9 Å². The molecule has 0 N–H and O–H groups in total. The summed E-state index contributed by atoms with van der Waals surface area (Å²) in [7, 11) is 3.70. The number of fused-ring (bicyclic) bond motifs is 2. The average molecular weight is 564 g/mol. The van der Waals surface area contributed by atoms with E-state index in [0.29, 0.717) is 24.7 Å². The van der Waals surface area contributed by atoms with E-state index >= 15 is 0 Å². The normalized spacial score (nSPS) is 19.0. The molecule has 0 unspecified atom stereocenters. The second-order valence-corrected chi connectivity index (χ2v) is 9.88. The number of ether oxygens (including phenoxy) is 4. The number of nitrogens with zero attached hydrogens (tertiary/aromatic N) is 2. The van der Waals surface area contributed by atoms with Gasteiger partial charge in [-0.25, -0.2) is 4.98 Å². The summed E-state index contributed by atoms with van der Waals surface area (Å²) in [5.74, 6) is 1.07. The largest absolute Gasteiger partial charge is 0.490 e. The summed E-state index contributed by atoms with van der Waals surface area (Å²) in [5.41, 5.74) is 2.56. The number of hydrogen-bond acceptors (Lipinski definition) is 7. The highest BCUT2D eigenvalue weighted by Crippen LogP contribution is 2.40. The van der Waals surface area contributed by atoms with E-state index in [4.69, 9.17) is 23.9 Å². The maximum absolute atomic E-state index is 12.7. The van der Waals surface area contributed by atoms with Crippen molar-refractivity contribution in [1.82, 2.24) is 9.88 Å². The van der Waals surface area contributed by atoms with E-state index in [2.05, 4.69) is 6.07 Å². The van der Waals surface area contributed by atoms with Gasteiger partial charge in [-0.1, -0.05) is 43.5 Å². The molecule has 5 rings (SSSR count). The Morgan fingerprint density at radius 2 is 1.82 bits per heavy atom.